The van der Waals surface area contributed by atoms with Crippen molar-refractivity contribution in [3.05, 3.63) is 84.4 Å². The Morgan fingerprint density at radius 3 is 1.92 bits per heavy atom. The predicted octanol–water partition coefficient (Wildman–Crippen LogP) is 7.19. The first kappa shape index (κ1) is 14.0. The second-order valence-electron chi connectivity index (χ2n) is 6.26. The molecule has 0 aliphatic carbocycles. The van der Waals surface area contributed by atoms with Crippen LogP contribution in [0.5, 0.6) is 0 Å². The van der Waals surface area contributed by atoms with Gasteiger partial charge in [0, 0.05) is 5.33 Å². The lowest BCUT2D eigenvalue weighted by Crippen LogP contribution is -1.88. The number of halogens is 1. The smallest absolute Gasteiger partial charge is 0.0289 e. The van der Waals surface area contributed by atoms with Gasteiger partial charge in [-0.05, 0) is 54.7 Å². The largest absolute Gasteiger partial charge is 0.0876 e. The molecular formula is C23H15Br. The van der Waals surface area contributed by atoms with Crippen LogP contribution in [-0.4, -0.2) is 0 Å². The maximum absolute atomic E-state index is 3.71. The Labute approximate surface area is 148 Å². The van der Waals surface area contributed by atoms with E-state index in [4.69, 9.17) is 0 Å². The highest BCUT2D eigenvalue weighted by molar-refractivity contribution is 9.08. The van der Waals surface area contributed by atoms with E-state index in [1.54, 1.807) is 0 Å². The first-order chi connectivity index (χ1) is 11.9. The topological polar surface area (TPSA) is 0 Å². The highest BCUT2D eigenvalue weighted by atomic mass is 79.9. The van der Waals surface area contributed by atoms with Crippen molar-refractivity contribution in [1.29, 1.82) is 0 Å². The van der Waals surface area contributed by atoms with E-state index >= 15 is 0 Å². The second kappa shape index (κ2) is 5.32. The third-order valence-electron chi connectivity index (χ3n) is 4.97. The molecule has 0 saturated heterocycles. The fourth-order valence-electron chi connectivity index (χ4n) is 3.88. The summed E-state index contributed by atoms with van der Waals surface area (Å²) in [6, 6.07) is 28.7. The molecular weight excluding hydrogens is 356 g/mol. The summed E-state index contributed by atoms with van der Waals surface area (Å²) in [6.07, 6.45) is 0. The van der Waals surface area contributed by atoms with Gasteiger partial charge in [-0.1, -0.05) is 88.7 Å². The van der Waals surface area contributed by atoms with Gasteiger partial charge in [-0.25, -0.2) is 0 Å². The lowest BCUT2D eigenvalue weighted by Gasteiger charge is -2.13. The van der Waals surface area contributed by atoms with Crippen LogP contribution in [-0.2, 0) is 5.33 Å². The Hall–Kier alpha value is -2.38. The molecule has 0 radical (unpaired) electrons. The molecule has 0 aliphatic rings. The molecule has 5 rings (SSSR count). The van der Waals surface area contributed by atoms with Crippen molar-refractivity contribution in [2.45, 2.75) is 5.33 Å². The molecule has 0 aromatic heterocycles. The first-order valence-corrected chi connectivity index (χ1v) is 9.30. The molecule has 0 unspecified atom stereocenters. The van der Waals surface area contributed by atoms with Crippen LogP contribution < -0.4 is 0 Å². The standard InChI is InChI=1S/C23H15Br/c24-14-17-13-22-18-7-3-1-5-15(18)9-11-20(22)21-12-10-16-6-2-4-8-19(16)23(17)21/h1-13H,14H2. The van der Waals surface area contributed by atoms with Crippen molar-refractivity contribution in [2.24, 2.45) is 0 Å². The summed E-state index contributed by atoms with van der Waals surface area (Å²) in [5.41, 5.74) is 1.35. The van der Waals surface area contributed by atoms with Crippen LogP contribution in [0.1, 0.15) is 5.56 Å². The Balaban J connectivity index is 2.09. The molecule has 0 fully saturated rings. The lowest BCUT2D eigenvalue weighted by atomic mass is 9.91. The van der Waals surface area contributed by atoms with E-state index in [1.807, 2.05) is 0 Å². The minimum atomic E-state index is 0.858. The second-order valence-corrected chi connectivity index (χ2v) is 6.82. The van der Waals surface area contributed by atoms with Gasteiger partial charge in [0.25, 0.3) is 0 Å². The van der Waals surface area contributed by atoms with Crippen molar-refractivity contribution in [2.75, 3.05) is 0 Å². The van der Waals surface area contributed by atoms with E-state index in [0.717, 1.165) is 5.33 Å². The number of benzene rings is 5. The highest BCUT2D eigenvalue weighted by Crippen LogP contribution is 2.37. The van der Waals surface area contributed by atoms with Crippen LogP contribution in [0, 0.1) is 0 Å². The van der Waals surface area contributed by atoms with Crippen molar-refractivity contribution in [3.8, 4) is 0 Å². The molecule has 0 N–H and O–H groups in total. The lowest BCUT2D eigenvalue weighted by molar-refractivity contribution is 1.52. The van der Waals surface area contributed by atoms with Gasteiger partial charge in [-0.3, -0.25) is 0 Å². The molecule has 1 heteroatoms. The molecule has 24 heavy (non-hydrogen) atoms. The van der Waals surface area contributed by atoms with Gasteiger partial charge in [0.15, 0.2) is 0 Å². The number of hydrogen-bond acceptors (Lipinski definition) is 0. The van der Waals surface area contributed by atoms with Crippen LogP contribution in [0.4, 0.5) is 0 Å². The summed E-state index contributed by atoms with van der Waals surface area (Å²) in [6.45, 7) is 0. The third-order valence-corrected chi connectivity index (χ3v) is 5.58. The quantitative estimate of drug-likeness (QED) is 0.216. The maximum atomic E-state index is 3.71. The zero-order valence-corrected chi connectivity index (χ0v) is 14.7. The highest BCUT2D eigenvalue weighted by Gasteiger charge is 2.11. The Kier molecular flexibility index (Phi) is 3.11. The first-order valence-electron chi connectivity index (χ1n) is 8.17. The molecule has 114 valence electrons. The summed E-state index contributed by atoms with van der Waals surface area (Å²) in [7, 11) is 0. The van der Waals surface area contributed by atoms with Gasteiger partial charge in [0.2, 0.25) is 0 Å². The number of rotatable bonds is 1. The van der Waals surface area contributed by atoms with Gasteiger partial charge in [-0.15, -0.1) is 0 Å². The summed E-state index contributed by atoms with van der Waals surface area (Å²) >= 11 is 3.71. The normalized spacial score (nSPS) is 11.7. The van der Waals surface area contributed by atoms with Gasteiger partial charge in [0.05, 0.1) is 0 Å². The average molecular weight is 371 g/mol. The molecule has 5 aromatic rings. The average Bonchev–Trinajstić information content (AvgIpc) is 2.66. The molecule has 0 bridgehead atoms. The molecule has 5 aromatic carbocycles. The van der Waals surface area contributed by atoms with Crippen molar-refractivity contribution >= 4 is 59.0 Å². The molecule has 0 amide bonds. The Morgan fingerprint density at radius 2 is 1.17 bits per heavy atom. The summed E-state index contributed by atoms with van der Waals surface area (Å²) in [5.74, 6) is 0. The van der Waals surface area contributed by atoms with Crippen molar-refractivity contribution < 1.29 is 0 Å². The van der Waals surface area contributed by atoms with E-state index in [9.17, 15) is 0 Å². The van der Waals surface area contributed by atoms with Crippen LogP contribution in [0.25, 0.3) is 43.1 Å². The van der Waals surface area contributed by atoms with Crippen LogP contribution >= 0.6 is 15.9 Å². The SMILES string of the molecule is BrCc1cc2c3ccccc3ccc2c2ccc3ccccc3c12. The molecule has 0 heterocycles. The number of fused-ring (bicyclic) bond motifs is 7. The fourth-order valence-corrected chi connectivity index (χ4v) is 4.32. The fraction of sp³-hybridized carbons (Fsp3) is 0.0435. The minimum absolute atomic E-state index is 0.858. The van der Waals surface area contributed by atoms with Gasteiger partial charge < -0.3 is 0 Å². The van der Waals surface area contributed by atoms with Crippen LogP contribution in [0.15, 0.2) is 78.9 Å². The van der Waals surface area contributed by atoms with Gasteiger partial charge >= 0.3 is 0 Å². The van der Waals surface area contributed by atoms with E-state index in [1.165, 1.54) is 48.7 Å². The zero-order valence-electron chi connectivity index (χ0n) is 13.1. The van der Waals surface area contributed by atoms with Crippen LogP contribution in [0.2, 0.25) is 0 Å². The molecule has 0 saturated carbocycles. The molecule has 0 aliphatic heterocycles. The predicted molar refractivity (Wildman–Crippen MR) is 109 cm³/mol. The zero-order chi connectivity index (χ0) is 16.1. The van der Waals surface area contributed by atoms with E-state index in [0.29, 0.717) is 0 Å². The van der Waals surface area contributed by atoms with E-state index in [2.05, 4.69) is 94.8 Å². The monoisotopic (exact) mass is 370 g/mol. The van der Waals surface area contributed by atoms with E-state index < -0.39 is 0 Å². The third kappa shape index (κ3) is 1.91. The van der Waals surface area contributed by atoms with Crippen molar-refractivity contribution in [3.63, 3.8) is 0 Å². The van der Waals surface area contributed by atoms with E-state index in [-0.39, 0.29) is 0 Å². The summed E-state index contributed by atoms with van der Waals surface area (Å²) < 4.78 is 0. The molecule has 0 spiro atoms. The van der Waals surface area contributed by atoms with Crippen LogP contribution in [0.3, 0.4) is 0 Å². The minimum Gasteiger partial charge on any atom is -0.0876 e. The number of alkyl halides is 1. The summed E-state index contributed by atoms with van der Waals surface area (Å²) in [5, 5.41) is 11.5. The molecule has 0 nitrogen and oxygen atoms in total. The molecule has 0 atom stereocenters. The summed E-state index contributed by atoms with van der Waals surface area (Å²) in [4.78, 5) is 0. The maximum Gasteiger partial charge on any atom is 0.0289 e. The Morgan fingerprint density at radius 1 is 0.542 bits per heavy atom. The number of hydrogen-bond donors (Lipinski definition) is 0. The van der Waals surface area contributed by atoms with Crippen molar-refractivity contribution in [1.82, 2.24) is 0 Å². The van der Waals surface area contributed by atoms with Gasteiger partial charge in [0.1, 0.15) is 0 Å². The van der Waals surface area contributed by atoms with Gasteiger partial charge in [-0.2, -0.15) is 0 Å². The Bertz CT molecular complexity index is 1230.